The lowest BCUT2D eigenvalue weighted by molar-refractivity contribution is 0.0131. The normalized spacial score (nSPS) is 19.7. The Kier molecular flexibility index (Phi) is 8.92. The van der Waals surface area contributed by atoms with Gasteiger partial charge in [0, 0.05) is 24.3 Å². The molecule has 0 radical (unpaired) electrons. The zero-order valence-electron chi connectivity index (χ0n) is 21.0. The van der Waals surface area contributed by atoms with Crippen LogP contribution < -0.4 is 5.73 Å². The lowest BCUT2D eigenvalue weighted by atomic mass is 9.86. The van der Waals surface area contributed by atoms with Gasteiger partial charge in [0.25, 0.3) is 0 Å². The summed E-state index contributed by atoms with van der Waals surface area (Å²) in [4.78, 5) is 19.0. The first-order valence-electron chi connectivity index (χ1n) is 11.4. The van der Waals surface area contributed by atoms with Crippen LogP contribution in [-0.4, -0.2) is 33.7 Å². The quantitative estimate of drug-likeness (QED) is 0.629. The number of likely N-dealkylation sites (tertiary alicyclic amines) is 1. The molecule has 30 heavy (non-hydrogen) atoms. The highest BCUT2D eigenvalue weighted by molar-refractivity contribution is 5.69. The summed E-state index contributed by atoms with van der Waals surface area (Å²) in [6.45, 7) is 21.3. The summed E-state index contributed by atoms with van der Waals surface area (Å²) in [5, 5.41) is 0. The van der Waals surface area contributed by atoms with E-state index in [1.807, 2.05) is 45.7 Å². The highest BCUT2D eigenvalue weighted by Gasteiger charge is 2.42. The van der Waals surface area contributed by atoms with Gasteiger partial charge in [-0.15, -0.1) is 0 Å². The number of carbonyl (C=O) groups excluding carboxylic acids is 1. The van der Waals surface area contributed by atoms with Gasteiger partial charge in [0.15, 0.2) is 0 Å². The molecule has 2 unspecified atom stereocenters. The molecule has 172 valence electrons. The second-order valence-electron chi connectivity index (χ2n) is 10.9. The molecule has 2 heterocycles. The van der Waals surface area contributed by atoms with E-state index < -0.39 is 5.60 Å². The maximum atomic E-state index is 12.6. The molecule has 5 nitrogen and oxygen atoms in total. The summed E-state index contributed by atoms with van der Waals surface area (Å²) in [5.74, 6) is 0.430. The third-order valence-corrected chi connectivity index (χ3v) is 5.49. The maximum absolute atomic E-state index is 12.6. The van der Waals surface area contributed by atoms with E-state index in [1.54, 1.807) is 0 Å². The molecule has 5 heteroatoms. The third kappa shape index (κ3) is 7.57. The number of ether oxygens (including phenoxy) is 1. The first kappa shape index (κ1) is 26.4. The van der Waals surface area contributed by atoms with Crippen LogP contribution in [0.4, 0.5) is 4.79 Å². The average molecular weight is 420 g/mol. The molecular formula is C25H45N3O2. The maximum Gasteiger partial charge on any atom is 0.410 e. The first-order chi connectivity index (χ1) is 13.7. The van der Waals surface area contributed by atoms with Crippen LogP contribution in [-0.2, 0) is 10.2 Å². The lowest BCUT2D eigenvalue weighted by Crippen LogP contribution is -2.45. The van der Waals surface area contributed by atoms with Gasteiger partial charge in [0.2, 0.25) is 0 Å². The highest BCUT2D eigenvalue weighted by Crippen LogP contribution is 2.37. The Morgan fingerprint density at radius 3 is 2.40 bits per heavy atom. The van der Waals surface area contributed by atoms with Gasteiger partial charge in [-0.2, -0.15) is 0 Å². The molecule has 0 spiro atoms. The van der Waals surface area contributed by atoms with Crippen molar-refractivity contribution < 1.29 is 9.53 Å². The number of rotatable bonds is 4. The molecule has 1 fully saturated rings. The van der Waals surface area contributed by atoms with Crippen LogP contribution in [0.15, 0.2) is 18.3 Å². The third-order valence-electron chi connectivity index (χ3n) is 5.49. The second kappa shape index (κ2) is 10.1. The second-order valence-corrected chi connectivity index (χ2v) is 10.9. The van der Waals surface area contributed by atoms with Gasteiger partial charge >= 0.3 is 6.09 Å². The highest BCUT2D eigenvalue weighted by atomic mass is 16.6. The SMILES string of the molecule is CC.CC(C)(C)OC(=O)N1CC(CCC(N)c2cc(C(C)(C)C)ccn2)CC1(C)C. The van der Waals surface area contributed by atoms with Crippen molar-refractivity contribution in [2.75, 3.05) is 6.54 Å². The number of hydrogen-bond donors (Lipinski definition) is 1. The minimum atomic E-state index is -0.475. The van der Waals surface area contributed by atoms with E-state index in [1.165, 1.54) is 5.56 Å². The molecule has 2 rings (SSSR count). The van der Waals surface area contributed by atoms with Crippen LogP contribution in [0.25, 0.3) is 0 Å². The molecular weight excluding hydrogens is 374 g/mol. The minimum absolute atomic E-state index is 0.0824. The van der Waals surface area contributed by atoms with Gasteiger partial charge in [-0.05, 0) is 82.9 Å². The summed E-state index contributed by atoms with van der Waals surface area (Å²) in [5.41, 5.74) is 8.09. The van der Waals surface area contributed by atoms with Crippen molar-refractivity contribution in [3.8, 4) is 0 Å². The van der Waals surface area contributed by atoms with Crippen molar-refractivity contribution in [1.82, 2.24) is 9.88 Å². The van der Waals surface area contributed by atoms with Crippen molar-refractivity contribution >= 4 is 6.09 Å². The van der Waals surface area contributed by atoms with E-state index >= 15 is 0 Å². The van der Waals surface area contributed by atoms with Crippen molar-refractivity contribution in [1.29, 1.82) is 0 Å². The van der Waals surface area contributed by atoms with E-state index in [-0.39, 0.29) is 23.1 Å². The fourth-order valence-corrected chi connectivity index (χ4v) is 3.90. The number of nitrogens with two attached hydrogens (primary N) is 1. The van der Waals surface area contributed by atoms with Gasteiger partial charge in [-0.25, -0.2) is 4.79 Å². The summed E-state index contributed by atoms with van der Waals surface area (Å²) in [7, 11) is 0. The molecule has 2 atom stereocenters. The Labute approximate surface area is 184 Å². The van der Waals surface area contributed by atoms with Crippen LogP contribution in [0.2, 0.25) is 0 Å². The monoisotopic (exact) mass is 419 g/mol. The smallest absolute Gasteiger partial charge is 0.410 e. The molecule has 2 N–H and O–H groups in total. The fourth-order valence-electron chi connectivity index (χ4n) is 3.90. The van der Waals surface area contributed by atoms with Gasteiger partial charge in [-0.1, -0.05) is 34.6 Å². The van der Waals surface area contributed by atoms with Crippen LogP contribution in [0.5, 0.6) is 0 Å². The summed E-state index contributed by atoms with van der Waals surface area (Å²) < 4.78 is 5.60. The van der Waals surface area contributed by atoms with Crippen molar-refractivity contribution in [3.05, 3.63) is 29.6 Å². The Hall–Kier alpha value is -1.62. The predicted octanol–water partition coefficient (Wildman–Crippen LogP) is 6.22. The largest absolute Gasteiger partial charge is 0.444 e. The molecule has 0 saturated carbocycles. The summed E-state index contributed by atoms with van der Waals surface area (Å²) in [6, 6.07) is 4.12. The molecule has 1 aliphatic rings. The van der Waals surface area contributed by atoms with E-state index in [0.717, 1.165) is 31.5 Å². The van der Waals surface area contributed by atoms with Crippen molar-refractivity contribution in [2.45, 2.75) is 111 Å². The van der Waals surface area contributed by atoms with Gasteiger partial charge < -0.3 is 15.4 Å². The van der Waals surface area contributed by atoms with Gasteiger partial charge in [0.1, 0.15) is 5.60 Å². The molecule has 0 aliphatic carbocycles. The number of carbonyl (C=O) groups is 1. The number of hydrogen-bond acceptors (Lipinski definition) is 4. The van der Waals surface area contributed by atoms with Crippen molar-refractivity contribution in [2.24, 2.45) is 11.7 Å². The van der Waals surface area contributed by atoms with E-state index in [0.29, 0.717) is 5.92 Å². The molecule has 1 saturated heterocycles. The van der Waals surface area contributed by atoms with Gasteiger partial charge in [0.05, 0.1) is 5.69 Å². The number of pyridine rings is 1. The van der Waals surface area contributed by atoms with E-state index in [2.05, 4.69) is 51.7 Å². The summed E-state index contributed by atoms with van der Waals surface area (Å²) in [6.07, 6.45) is 4.45. The van der Waals surface area contributed by atoms with Crippen LogP contribution in [0.1, 0.15) is 106 Å². The standard InChI is InChI=1S/C23H39N3O2.C2H6/c1-21(2,3)17-11-12-25-19(13-17)18(24)10-9-16-14-23(7,8)26(15-16)20(27)28-22(4,5)6;1-2/h11-13,16,18H,9-10,14-15,24H2,1-8H3;1-2H3. The number of aromatic nitrogens is 1. The number of amides is 1. The van der Waals surface area contributed by atoms with Gasteiger partial charge in [-0.3, -0.25) is 4.98 Å². The molecule has 1 aromatic rings. The zero-order chi connectivity index (χ0) is 23.3. The fraction of sp³-hybridized carbons (Fsp3) is 0.760. The van der Waals surface area contributed by atoms with Crippen LogP contribution >= 0.6 is 0 Å². The molecule has 0 aromatic carbocycles. The van der Waals surface area contributed by atoms with Crippen LogP contribution in [0, 0.1) is 5.92 Å². The first-order valence-corrected chi connectivity index (χ1v) is 11.4. The van der Waals surface area contributed by atoms with E-state index in [9.17, 15) is 4.79 Å². The summed E-state index contributed by atoms with van der Waals surface area (Å²) >= 11 is 0. The average Bonchev–Trinajstić information content (AvgIpc) is 2.94. The lowest BCUT2D eigenvalue weighted by Gasteiger charge is -2.33. The Morgan fingerprint density at radius 1 is 1.27 bits per heavy atom. The van der Waals surface area contributed by atoms with Crippen LogP contribution in [0.3, 0.4) is 0 Å². The molecule has 1 aliphatic heterocycles. The Balaban J connectivity index is 0.00000218. The molecule has 1 aromatic heterocycles. The van der Waals surface area contributed by atoms with E-state index in [4.69, 9.17) is 10.5 Å². The minimum Gasteiger partial charge on any atom is -0.444 e. The molecule has 1 amide bonds. The zero-order valence-corrected chi connectivity index (χ0v) is 21.0. The number of nitrogens with zero attached hydrogens (tertiary/aromatic N) is 2. The Bertz CT molecular complexity index is 686. The van der Waals surface area contributed by atoms with Crippen molar-refractivity contribution in [3.63, 3.8) is 0 Å². The topological polar surface area (TPSA) is 68.5 Å². The molecule has 0 bridgehead atoms. The predicted molar refractivity (Wildman–Crippen MR) is 126 cm³/mol. The Morgan fingerprint density at radius 2 is 1.87 bits per heavy atom.